The van der Waals surface area contributed by atoms with Crippen LogP contribution in [0, 0.1) is 5.82 Å². The van der Waals surface area contributed by atoms with Gasteiger partial charge in [0.15, 0.2) is 0 Å². The van der Waals surface area contributed by atoms with Gasteiger partial charge in [-0.25, -0.2) is 9.37 Å². The van der Waals surface area contributed by atoms with E-state index < -0.39 is 5.82 Å². The molecule has 9 heteroatoms. The molecule has 0 radical (unpaired) electrons. The highest BCUT2D eigenvalue weighted by molar-refractivity contribution is 5.90. The molecule has 0 spiro atoms. The lowest BCUT2D eigenvalue weighted by molar-refractivity contribution is -0.116. The Morgan fingerprint density at radius 3 is 2.77 bits per heavy atom. The quantitative estimate of drug-likeness (QED) is 0.462. The van der Waals surface area contributed by atoms with Gasteiger partial charge in [-0.15, -0.1) is 0 Å². The highest BCUT2D eigenvalue weighted by atomic mass is 19.1. The van der Waals surface area contributed by atoms with Gasteiger partial charge < -0.3 is 19.1 Å². The lowest BCUT2D eigenvalue weighted by atomic mass is 10.2. The monoisotopic (exact) mass is 421 g/mol. The van der Waals surface area contributed by atoms with Gasteiger partial charge in [0.1, 0.15) is 11.6 Å². The Morgan fingerprint density at radius 1 is 1.23 bits per heavy atom. The van der Waals surface area contributed by atoms with Crippen molar-refractivity contribution in [2.45, 2.75) is 19.8 Å². The molecule has 0 bridgehead atoms. The number of aryl methyl sites for hydroxylation is 1. The number of hydrogen-bond acceptors (Lipinski definition) is 6. The molecule has 8 nitrogen and oxygen atoms in total. The maximum atomic E-state index is 14.3. The molecule has 0 fully saturated rings. The lowest BCUT2D eigenvalue weighted by Crippen LogP contribution is -2.12. The van der Waals surface area contributed by atoms with E-state index in [0.29, 0.717) is 29.7 Å². The molecule has 0 aliphatic heterocycles. The maximum absolute atomic E-state index is 14.3. The zero-order chi connectivity index (χ0) is 21.6. The summed E-state index contributed by atoms with van der Waals surface area (Å²) < 4.78 is 26.5. The fraction of sp³-hybridized carbons (Fsp3) is 0.182. The first-order valence-electron chi connectivity index (χ1n) is 9.76. The second-order valence-corrected chi connectivity index (χ2v) is 6.65. The molecule has 0 unspecified atom stereocenters. The maximum Gasteiger partial charge on any atom is 0.227 e. The number of amides is 1. The molecule has 2 aromatic heterocycles. The third-order valence-corrected chi connectivity index (χ3v) is 4.47. The fourth-order valence-electron chi connectivity index (χ4n) is 2.98. The number of nitrogens with one attached hydrogen (secondary N) is 1. The average Bonchev–Trinajstić information content (AvgIpc) is 3.46. The highest BCUT2D eigenvalue weighted by Crippen LogP contribution is 2.21. The van der Waals surface area contributed by atoms with Crippen molar-refractivity contribution in [1.29, 1.82) is 0 Å². The number of rotatable bonds is 8. The van der Waals surface area contributed by atoms with Crippen molar-refractivity contribution in [3.05, 3.63) is 72.9 Å². The largest absolute Gasteiger partial charge is 0.494 e. The Bertz CT molecular complexity index is 1160. The summed E-state index contributed by atoms with van der Waals surface area (Å²) in [5.41, 5.74) is 1.51. The molecule has 1 amide bonds. The molecule has 1 N–H and O–H groups in total. The van der Waals surface area contributed by atoms with Gasteiger partial charge in [-0.1, -0.05) is 5.16 Å². The third kappa shape index (κ3) is 4.95. The van der Waals surface area contributed by atoms with Crippen LogP contribution in [0.25, 0.3) is 17.1 Å². The minimum absolute atomic E-state index is 0.121. The number of benzene rings is 2. The Morgan fingerprint density at radius 2 is 2.06 bits per heavy atom. The van der Waals surface area contributed by atoms with E-state index in [-0.39, 0.29) is 18.7 Å². The molecule has 2 heterocycles. The molecule has 2 aromatic carbocycles. The first kappa shape index (κ1) is 20.3. The van der Waals surface area contributed by atoms with Crippen LogP contribution in [0.3, 0.4) is 0 Å². The van der Waals surface area contributed by atoms with Gasteiger partial charge in [-0.2, -0.15) is 4.98 Å². The normalized spacial score (nSPS) is 10.8. The van der Waals surface area contributed by atoms with Crippen LogP contribution in [0.15, 0.2) is 65.7 Å². The molecule has 0 saturated carbocycles. The topological polar surface area (TPSA) is 95.1 Å². The molecule has 4 aromatic rings. The van der Waals surface area contributed by atoms with Crippen molar-refractivity contribution in [2.75, 3.05) is 11.9 Å². The second-order valence-electron chi connectivity index (χ2n) is 6.65. The number of halogens is 1. The van der Waals surface area contributed by atoms with Crippen LogP contribution in [0.5, 0.6) is 5.75 Å². The Hall–Kier alpha value is -4.01. The van der Waals surface area contributed by atoms with E-state index in [0.717, 1.165) is 11.3 Å². The number of ether oxygens (including phenoxy) is 1. The summed E-state index contributed by atoms with van der Waals surface area (Å²) in [6.45, 7) is 2.51. The van der Waals surface area contributed by atoms with Gasteiger partial charge in [0.05, 0.1) is 18.6 Å². The Labute approximate surface area is 177 Å². The van der Waals surface area contributed by atoms with Crippen LogP contribution >= 0.6 is 0 Å². The van der Waals surface area contributed by atoms with Gasteiger partial charge in [0.25, 0.3) is 0 Å². The molecular formula is C22H20FN5O3. The second kappa shape index (κ2) is 9.21. The number of aromatic nitrogens is 4. The van der Waals surface area contributed by atoms with Crippen molar-refractivity contribution >= 4 is 11.6 Å². The molecule has 0 aliphatic rings. The summed E-state index contributed by atoms with van der Waals surface area (Å²) in [6.07, 6.45) is 5.10. The Balaban J connectivity index is 1.32. The van der Waals surface area contributed by atoms with Crippen molar-refractivity contribution in [1.82, 2.24) is 19.7 Å². The van der Waals surface area contributed by atoms with E-state index in [1.807, 2.05) is 31.2 Å². The molecule has 0 saturated heterocycles. The van der Waals surface area contributed by atoms with Gasteiger partial charge in [0, 0.05) is 36.5 Å². The van der Waals surface area contributed by atoms with Crippen molar-refractivity contribution in [3.63, 3.8) is 0 Å². The van der Waals surface area contributed by atoms with E-state index in [1.54, 1.807) is 29.1 Å². The van der Waals surface area contributed by atoms with Crippen LogP contribution in [0.1, 0.15) is 19.2 Å². The van der Waals surface area contributed by atoms with E-state index in [4.69, 9.17) is 9.26 Å². The minimum Gasteiger partial charge on any atom is -0.494 e. The van der Waals surface area contributed by atoms with Crippen molar-refractivity contribution in [3.8, 4) is 22.8 Å². The summed E-state index contributed by atoms with van der Waals surface area (Å²) in [6, 6.07) is 11.8. The van der Waals surface area contributed by atoms with Gasteiger partial charge in [-0.3, -0.25) is 4.79 Å². The number of carbonyl (C=O) groups is 1. The van der Waals surface area contributed by atoms with E-state index in [1.165, 1.54) is 12.4 Å². The smallest absolute Gasteiger partial charge is 0.227 e. The van der Waals surface area contributed by atoms with Crippen molar-refractivity contribution in [2.24, 2.45) is 0 Å². The third-order valence-electron chi connectivity index (χ3n) is 4.47. The SMILES string of the molecule is CCOc1ccc(-c2noc(CCC(=O)Nc3ccc(-n4ccnc4)c(F)c3)n2)cc1. The van der Waals surface area contributed by atoms with E-state index in [2.05, 4.69) is 20.4 Å². The van der Waals surface area contributed by atoms with E-state index in [9.17, 15) is 9.18 Å². The fourth-order valence-corrected chi connectivity index (χ4v) is 2.98. The number of anilines is 1. The summed E-state index contributed by atoms with van der Waals surface area (Å²) in [5, 5.41) is 6.63. The number of hydrogen-bond donors (Lipinski definition) is 1. The highest BCUT2D eigenvalue weighted by Gasteiger charge is 2.12. The Kier molecular flexibility index (Phi) is 6.02. The molecule has 158 valence electrons. The van der Waals surface area contributed by atoms with Crippen LogP contribution < -0.4 is 10.1 Å². The molecule has 0 atom stereocenters. The summed E-state index contributed by atoms with van der Waals surface area (Å²) in [5.74, 6) is 0.806. The van der Waals surface area contributed by atoms with Gasteiger partial charge in [-0.05, 0) is 49.4 Å². The van der Waals surface area contributed by atoms with Gasteiger partial charge >= 0.3 is 0 Å². The molecule has 4 rings (SSSR count). The molecule has 31 heavy (non-hydrogen) atoms. The number of imidazole rings is 1. The summed E-state index contributed by atoms with van der Waals surface area (Å²) in [7, 11) is 0. The molecule has 0 aliphatic carbocycles. The van der Waals surface area contributed by atoms with Gasteiger partial charge in [0.2, 0.25) is 17.6 Å². The van der Waals surface area contributed by atoms with Crippen LogP contribution in [0.4, 0.5) is 10.1 Å². The number of nitrogens with zero attached hydrogens (tertiary/aromatic N) is 4. The zero-order valence-corrected chi connectivity index (χ0v) is 16.8. The predicted molar refractivity (Wildman–Crippen MR) is 111 cm³/mol. The minimum atomic E-state index is -0.465. The standard InChI is InChI=1S/C22H20FN5O3/c1-2-30-17-6-3-15(4-7-17)22-26-21(31-27-22)10-9-20(29)25-16-5-8-19(18(23)13-16)28-12-11-24-14-28/h3-8,11-14H,2,9-10H2,1H3,(H,25,29). The van der Waals surface area contributed by atoms with Crippen LogP contribution in [-0.2, 0) is 11.2 Å². The first-order chi connectivity index (χ1) is 15.1. The zero-order valence-electron chi connectivity index (χ0n) is 16.8. The number of carbonyl (C=O) groups excluding carboxylic acids is 1. The van der Waals surface area contributed by atoms with Crippen molar-refractivity contribution < 1.29 is 18.4 Å². The van der Waals surface area contributed by atoms with E-state index >= 15 is 0 Å². The predicted octanol–water partition coefficient (Wildman–Crippen LogP) is 4.03. The van der Waals surface area contributed by atoms with Crippen LogP contribution in [-0.4, -0.2) is 32.2 Å². The average molecular weight is 421 g/mol. The summed E-state index contributed by atoms with van der Waals surface area (Å²) >= 11 is 0. The molecular weight excluding hydrogens is 401 g/mol. The lowest BCUT2D eigenvalue weighted by Gasteiger charge is -2.08. The first-order valence-corrected chi connectivity index (χ1v) is 9.76. The van der Waals surface area contributed by atoms with Crippen LogP contribution in [0.2, 0.25) is 0 Å². The summed E-state index contributed by atoms with van der Waals surface area (Å²) in [4.78, 5) is 20.5.